The molecule has 72 valence electrons. The molecule has 1 aromatic heterocycles. The number of amides is 1. The van der Waals surface area contributed by atoms with Crippen LogP contribution in [-0.2, 0) is 4.79 Å². The number of anilines is 1. The first-order valence-electron chi connectivity index (χ1n) is 4.13. The fourth-order valence-electron chi connectivity index (χ4n) is 0.893. The summed E-state index contributed by atoms with van der Waals surface area (Å²) in [6.07, 6.45) is 1.19. The lowest BCUT2D eigenvalue weighted by Crippen LogP contribution is -2.12. The zero-order valence-corrected chi connectivity index (χ0v) is 8.36. The molecule has 5 heteroatoms. The van der Waals surface area contributed by atoms with Crippen LogP contribution in [0.15, 0.2) is 5.38 Å². The third-order valence-corrected chi connectivity index (χ3v) is 2.41. The van der Waals surface area contributed by atoms with Crippen LogP contribution in [-0.4, -0.2) is 17.4 Å². The first-order chi connectivity index (χ1) is 6.18. The molecule has 0 bridgehead atoms. The van der Waals surface area contributed by atoms with Crippen LogP contribution < -0.4 is 11.1 Å². The molecule has 0 saturated heterocycles. The number of aryl methyl sites for hydroxylation is 1. The van der Waals surface area contributed by atoms with Gasteiger partial charge in [-0.05, 0) is 13.3 Å². The van der Waals surface area contributed by atoms with Crippen molar-refractivity contribution >= 4 is 22.4 Å². The Morgan fingerprint density at radius 1 is 1.77 bits per heavy atom. The summed E-state index contributed by atoms with van der Waals surface area (Å²) >= 11 is 1.57. The monoisotopic (exact) mass is 199 g/mol. The first kappa shape index (κ1) is 9.98. The number of hydrogen-bond acceptors (Lipinski definition) is 4. The number of nitrogens with zero attached hydrogens (tertiary/aromatic N) is 1. The normalized spacial score (nSPS) is 9.92. The highest BCUT2D eigenvalue weighted by Gasteiger charge is 1.97. The Labute approximate surface area is 81.2 Å². The van der Waals surface area contributed by atoms with Gasteiger partial charge in [-0.25, -0.2) is 4.98 Å². The number of aromatic nitrogens is 1. The molecule has 0 spiro atoms. The van der Waals surface area contributed by atoms with E-state index < -0.39 is 0 Å². The zero-order valence-electron chi connectivity index (χ0n) is 7.54. The van der Waals surface area contributed by atoms with E-state index in [1.54, 1.807) is 11.3 Å². The third kappa shape index (κ3) is 3.89. The third-order valence-electron chi connectivity index (χ3n) is 1.50. The lowest BCUT2D eigenvalue weighted by molar-refractivity contribution is -0.118. The summed E-state index contributed by atoms with van der Waals surface area (Å²) in [6, 6.07) is 0. The molecule has 0 aliphatic carbocycles. The Morgan fingerprint density at radius 3 is 3.08 bits per heavy atom. The van der Waals surface area contributed by atoms with Crippen LogP contribution in [0.4, 0.5) is 5.13 Å². The minimum Gasteiger partial charge on any atom is -0.370 e. The average molecular weight is 199 g/mol. The number of thiazole rings is 1. The molecule has 0 atom stereocenters. The van der Waals surface area contributed by atoms with Crippen molar-refractivity contribution in [2.24, 2.45) is 5.73 Å². The quantitative estimate of drug-likeness (QED) is 0.698. The number of hydrogen-bond donors (Lipinski definition) is 2. The van der Waals surface area contributed by atoms with Crippen molar-refractivity contribution in [3.05, 3.63) is 11.1 Å². The predicted molar refractivity (Wildman–Crippen MR) is 53.8 cm³/mol. The lowest BCUT2D eigenvalue weighted by Gasteiger charge is -1.99. The summed E-state index contributed by atoms with van der Waals surface area (Å²) in [4.78, 5) is 14.6. The van der Waals surface area contributed by atoms with E-state index in [2.05, 4.69) is 10.3 Å². The Morgan fingerprint density at radius 2 is 2.54 bits per heavy atom. The highest BCUT2D eigenvalue weighted by atomic mass is 32.1. The van der Waals surface area contributed by atoms with Crippen molar-refractivity contribution in [3.63, 3.8) is 0 Å². The largest absolute Gasteiger partial charge is 0.370 e. The second-order valence-electron chi connectivity index (χ2n) is 2.79. The van der Waals surface area contributed by atoms with Gasteiger partial charge in [0, 0.05) is 18.3 Å². The Hall–Kier alpha value is -1.10. The van der Waals surface area contributed by atoms with Crippen molar-refractivity contribution < 1.29 is 4.79 Å². The van der Waals surface area contributed by atoms with Gasteiger partial charge < -0.3 is 11.1 Å². The number of carbonyl (C=O) groups excluding carboxylic acids is 1. The zero-order chi connectivity index (χ0) is 9.68. The lowest BCUT2D eigenvalue weighted by atomic mass is 10.3. The van der Waals surface area contributed by atoms with Crippen LogP contribution >= 0.6 is 11.3 Å². The molecule has 0 fully saturated rings. The second-order valence-corrected chi connectivity index (χ2v) is 3.65. The van der Waals surface area contributed by atoms with Crippen LogP contribution in [0, 0.1) is 6.92 Å². The Balaban J connectivity index is 2.16. The molecular formula is C8H13N3OS. The van der Waals surface area contributed by atoms with Gasteiger partial charge in [-0.15, -0.1) is 11.3 Å². The molecule has 0 aromatic carbocycles. The molecule has 1 aromatic rings. The Kier molecular flexibility index (Phi) is 3.70. The molecule has 0 aliphatic rings. The van der Waals surface area contributed by atoms with Gasteiger partial charge in [-0.3, -0.25) is 4.79 Å². The molecule has 0 unspecified atom stereocenters. The average Bonchev–Trinajstić information content (AvgIpc) is 2.45. The van der Waals surface area contributed by atoms with Crippen molar-refractivity contribution in [2.45, 2.75) is 19.8 Å². The van der Waals surface area contributed by atoms with Gasteiger partial charge in [0.15, 0.2) is 5.13 Å². The number of carbonyl (C=O) groups is 1. The topological polar surface area (TPSA) is 68.0 Å². The highest BCUT2D eigenvalue weighted by molar-refractivity contribution is 7.13. The van der Waals surface area contributed by atoms with Crippen molar-refractivity contribution in [1.82, 2.24) is 4.98 Å². The fraction of sp³-hybridized carbons (Fsp3) is 0.500. The van der Waals surface area contributed by atoms with Crippen LogP contribution in [0.2, 0.25) is 0 Å². The molecule has 4 nitrogen and oxygen atoms in total. The van der Waals surface area contributed by atoms with Gasteiger partial charge in [0.1, 0.15) is 0 Å². The standard InChI is InChI=1S/C8H13N3OS/c1-6-5-13-8(11-6)10-4-2-3-7(9)12/h5H,2-4H2,1H3,(H2,9,12)(H,10,11). The minimum absolute atomic E-state index is 0.253. The van der Waals surface area contributed by atoms with Crippen LogP contribution in [0.25, 0.3) is 0 Å². The molecule has 3 N–H and O–H groups in total. The van der Waals surface area contributed by atoms with E-state index >= 15 is 0 Å². The minimum atomic E-state index is -0.253. The van der Waals surface area contributed by atoms with E-state index in [1.165, 1.54) is 0 Å². The number of nitrogens with one attached hydrogen (secondary N) is 1. The maximum Gasteiger partial charge on any atom is 0.217 e. The molecule has 1 amide bonds. The smallest absolute Gasteiger partial charge is 0.217 e. The first-order valence-corrected chi connectivity index (χ1v) is 5.01. The van der Waals surface area contributed by atoms with Gasteiger partial charge in [0.05, 0.1) is 5.69 Å². The van der Waals surface area contributed by atoms with Crippen molar-refractivity contribution in [1.29, 1.82) is 0 Å². The van der Waals surface area contributed by atoms with Crippen molar-refractivity contribution in [3.8, 4) is 0 Å². The summed E-state index contributed by atoms with van der Waals surface area (Å²) in [5, 5.41) is 6.01. The van der Waals surface area contributed by atoms with Crippen molar-refractivity contribution in [2.75, 3.05) is 11.9 Å². The summed E-state index contributed by atoms with van der Waals surface area (Å²) in [6.45, 7) is 2.70. The fourth-order valence-corrected chi connectivity index (χ4v) is 1.61. The van der Waals surface area contributed by atoms with Gasteiger partial charge in [0.2, 0.25) is 5.91 Å². The molecule has 1 heterocycles. The van der Waals surface area contributed by atoms with Crippen LogP contribution in [0.3, 0.4) is 0 Å². The predicted octanol–water partition coefficient (Wildman–Crippen LogP) is 1.13. The SMILES string of the molecule is Cc1csc(NCCCC(N)=O)n1. The molecule has 1 rings (SSSR count). The van der Waals surface area contributed by atoms with E-state index in [1.807, 2.05) is 12.3 Å². The Bertz CT molecular complexity index is 285. The summed E-state index contributed by atoms with van der Waals surface area (Å²) in [5.41, 5.74) is 6.01. The number of nitrogens with two attached hydrogens (primary N) is 1. The van der Waals surface area contributed by atoms with Crippen LogP contribution in [0.1, 0.15) is 18.5 Å². The number of primary amides is 1. The van der Waals surface area contributed by atoms with Crippen LogP contribution in [0.5, 0.6) is 0 Å². The molecule has 13 heavy (non-hydrogen) atoms. The molecular weight excluding hydrogens is 186 g/mol. The van der Waals surface area contributed by atoms with Gasteiger partial charge >= 0.3 is 0 Å². The van der Waals surface area contributed by atoms with E-state index in [0.717, 1.165) is 23.8 Å². The molecule has 0 saturated carbocycles. The van der Waals surface area contributed by atoms with Gasteiger partial charge in [-0.2, -0.15) is 0 Å². The molecule has 0 aliphatic heterocycles. The number of rotatable bonds is 5. The summed E-state index contributed by atoms with van der Waals surface area (Å²) < 4.78 is 0. The van der Waals surface area contributed by atoms with E-state index in [0.29, 0.717) is 6.42 Å². The summed E-state index contributed by atoms with van der Waals surface area (Å²) in [5.74, 6) is -0.253. The maximum atomic E-state index is 10.4. The highest BCUT2D eigenvalue weighted by Crippen LogP contribution is 2.13. The van der Waals surface area contributed by atoms with Gasteiger partial charge in [0.25, 0.3) is 0 Å². The van der Waals surface area contributed by atoms with E-state index in [4.69, 9.17) is 5.73 Å². The van der Waals surface area contributed by atoms with E-state index in [9.17, 15) is 4.79 Å². The van der Waals surface area contributed by atoms with Gasteiger partial charge in [-0.1, -0.05) is 0 Å². The maximum absolute atomic E-state index is 10.4. The summed E-state index contributed by atoms with van der Waals surface area (Å²) in [7, 11) is 0. The molecule has 0 radical (unpaired) electrons. The second kappa shape index (κ2) is 4.81. The van der Waals surface area contributed by atoms with E-state index in [-0.39, 0.29) is 5.91 Å².